The van der Waals surface area contributed by atoms with Gasteiger partial charge in [-0.1, -0.05) is 30.3 Å². The van der Waals surface area contributed by atoms with E-state index in [0.717, 1.165) is 25.9 Å². The number of carbonyl (C=O) groups is 2. The standard InChI is InChI=1S/C22H32N4O3/c1-24-17(7-8-20(28)25-11-9-18(27)15-25)13-23-22(29)21-19(24)10-12-26(21)14-16-5-3-2-4-6-16/h2-6,17-19,21,27H,7-15H2,1H3,(H,23,29). The molecule has 158 valence electrons. The predicted octanol–water partition coefficient (Wildman–Crippen LogP) is 0.433. The van der Waals surface area contributed by atoms with E-state index in [1.165, 1.54) is 5.56 Å². The van der Waals surface area contributed by atoms with Crippen LogP contribution in [0.1, 0.15) is 31.2 Å². The first-order chi connectivity index (χ1) is 14.0. The molecule has 0 bridgehead atoms. The Morgan fingerprint density at radius 1 is 1.21 bits per heavy atom. The van der Waals surface area contributed by atoms with Crippen LogP contribution in [0.15, 0.2) is 30.3 Å². The van der Waals surface area contributed by atoms with E-state index in [0.29, 0.717) is 32.5 Å². The lowest BCUT2D eigenvalue weighted by molar-refractivity contribution is -0.131. The van der Waals surface area contributed by atoms with E-state index in [-0.39, 0.29) is 36.0 Å². The molecule has 0 saturated carbocycles. The number of nitrogens with one attached hydrogen (secondary N) is 1. The third-order valence-corrected chi connectivity index (χ3v) is 6.79. The number of nitrogens with zero attached hydrogens (tertiary/aromatic N) is 3. The molecule has 1 aromatic carbocycles. The minimum absolute atomic E-state index is 0.103. The normalized spacial score (nSPS) is 30.8. The number of likely N-dealkylation sites (tertiary alicyclic amines) is 2. The number of amides is 2. The Morgan fingerprint density at radius 3 is 2.72 bits per heavy atom. The van der Waals surface area contributed by atoms with Gasteiger partial charge in [-0.15, -0.1) is 0 Å². The van der Waals surface area contributed by atoms with E-state index < -0.39 is 0 Å². The highest BCUT2D eigenvalue weighted by molar-refractivity contribution is 5.83. The van der Waals surface area contributed by atoms with E-state index in [4.69, 9.17) is 0 Å². The Hall–Kier alpha value is -1.96. The van der Waals surface area contributed by atoms with Gasteiger partial charge in [-0.2, -0.15) is 0 Å². The van der Waals surface area contributed by atoms with Crippen LogP contribution in [0.25, 0.3) is 0 Å². The monoisotopic (exact) mass is 400 g/mol. The summed E-state index contributed by atoms with van der Waals surface area (Å²) in [5.74, 6) is 0.214. The van der Waals surface area contributed by atoms with Gasteiger partial charge in [-0.3, -0.25) is 19.4 Å². The van der Waals surface area contributed by atoms with Gasteiger partial charge in [0.25, 0.3) is 0 Å². The maximum absolute atomic E-state index is 12.9. The van der Waals surface area contributed by atoms with E-state index in [1.54, 1.807) is 4.90 Å². The minimum Gasteiger partial charge on any atom is -0.391 e. The van der Waals surface area contributed by atoms with Crippen molar-refractivity contribution in [3.05, 3.63) is 35.9 Å². The molecule has 4 unspecified atom stereocenters. The summed E-state index contributed by atoms with van der Waals surface area (Å²) in [5, 5.41) is 12.8. The van der Waals surface area contributed by atoms with Crippen LogP contribution in [0.5, 0.6) is 0 Å². The van der Waals surface area contributed by atoms with Gasteiger partial charge in [0.15, 0.2) is 0 Å². The van der Waals surface area contributed by atoms with Crippen molar-refractivity contribution >= 4 is 11.8 Å². The summed E-state index contributed by atoms with van der Waals surface area (Å²) < 4.78 is 0. The smallest absolute Gasteiger partial charge is 0.239 e. The molecule has 0 radical (unpaired) electrons. The molecule has 0 spiro atoms. The number of fused-ring (bicyclic) bond motifs is 1. The van der Waals surface area contributed by atoms with Gasteiger partial charge in [0.1, 0.15) is 6.04 Å². The lowest BCUT2D eigenvalue weighted by Crippen LogP contribution is -2.49. The van der Waals surface area contributed by atoms with Crippen molar-refractivity contribution in [1.29, 1.82) is 0 Å². The Balaban J connectivity index is 1.37. The van der Waals surface area contributed by atoms with E-state index in [1.807, 2.05) is 18.2 Å². The molecule has 3 aliphatic heterocycles. The van der Waals surface area contributed by atoms with Crippen molar-refractivity contribution in [2.75, 3.05) is 33.2 Å². The molecule has 4 rings (SSSR count). The number of rotatable bonds is 5. The second kappa shape index (κ2) is 8.81. The molecule has 29 heavy (non-hydrogen) atoms. The highest BCUT2D eigenvalue weighted by atomic mass is 16.3. The Bertz CT molecular complexity index is 728. The van der Waals surface area contributed by atoms with Gasteiger partial charge in [0.05, 0.1) is 6.10 Å². The van der Waals surface area contributed by atoms with Gasteiger partial charge in [-0.05, 0) is 31.9 Å². The highest BCUT2D eigenvalue weighted by Crippen LogP contribution is 2.28. The SMILES string of the molecule is CN1C(CCC(=O)N2CCC(O)C2)CNC(=O)C2C1CCN2Cc1ccccc1. The molecule has 0 aliphatic carbocycles. The molecule has 3 saturated heterocycles. The van der Waals surface area contributed by atoms with Crippen LogP contribution in [0.3, 0.4) is 0 Å². The third-order valence-electron chi connectivity index (χ3n) is 6.79. The van der Waals surface area contributed by atoms with Crippen molar-refractivity contribution in [2.24, 2.45) is 0 Å². The quantitative estimate of drug-likeness (QED) is 0.750. The van der Waals surface area contributed by atoms with Crippen molar-refractivity contribution in [3.63, 3.8) is 0 Å². The molecule has 1 aromatic rings. The Labute approximate surface area is 172 Å². The van der Waals surface area contributed by atoms with Crippen molar-refractivity contribution in [1.82, 2.24) is 20.0 Å². The first-order valence-electron chi connectivity index (χ1n) is 10.8. The maximum atomic E-state index is 12.9. The van der Waals surface area contributed by atoms with Gasteiger partial charge < -0.3 is 15.3 Å². The number of hydrogen-bond acceptors (Lipinski definition) is 5. The summed E-state index contributed by atoms with van der Waals surface area (Å²) in [7, 11) is 2.10. The van der Waals surface area contributed by atoms with Crippen LogP contribution in [-0.4, -0.2) is 89.1 Å². The summed E-state index contributed by atoms with van der Waals surface area (Å²) in [6, 6.07) is 10.5. The highest BCUT2D eigenvalue weighted by Gasteiger charge is 2.45. The van der Waals surface area contributed by atoms with Crippen LogP contribution in [-0.2, 0) is 16.1 Å². The Kier molecular flexibility index (Phi) is 6.18. The lowest BCUT2D eigenvalue weighted by atomic mass is 10.0. The van der Waals surface area contributed by atoms with E-state index in [9.17, 15) is 14.7 Å². The van der Waals surface area contributed by atoms with Gasteiger partial charge >= 0.3 is 0 Å². The Morgan fingerprint density at radius 2 is 2.00 bits per heavy atom. The molecule has 3 fully saturated rings. The van der Waals surface area contributed by atoms with Crippen molar-refractivity contribution in [2.45, 2.75) is 56.5 Å². The van der Waals surface area contributed by atoms with E-state index in [2.05, 4.69) is 34.3 Å². The first-order valence-corrected chi connectivity index (χ1v) is 10.8. The van der Waals surface area contributed by atoms with Crippen LogP contribution >= 0.6 is 0 Å². The fourth-order valence-electron chi connectivity index (χ4n) is 5.06. The average Bonchev–Trinajstić information content (AvgIpc) is 3.31. The summed E-state index contributed by atoms with van der Waals surface area (Å²) in [6.45, 7) is 3.37. The molecular formula is C22H32N4O3. The van der Waals surface area contributed by atoms with Crippen LogP contribution in [0.4, 0.5) is 0 Å². The molecule has 4 atom stereocenters. The summed E-state index contributed by atoms with van der Waals surface area (Å²) in [6.07, 6.45) is 2.44. The molecule has 2 N–H and O–H groups in total. The number of aliphatic hydroxyl groups excluding tert-OH is 1. The second-order valence-corrected chi connectivity index (χ2v) is 8.64. The van der Waals surface area contributed by atoms with E-state index >= 15 is 0 Å². The zero-order chi connectivity index (χ0) is 20.4. The maximum Gasteiger partial charge on any atom is 0.239 e. The number of aliphatic hydroxyl groups is 1. The fraction of sp³-hybridized carbons (Fsp3) is 0.636. The lowest BCUT2D eigenvalue weighted by Gasteiger charge is -2.33. The number of hydrogen-bond donors (Lipinski definition) is 2. The summed E-state index contributed by atoms with van der Waals surface area (Å²) >= 11 is 0. The zero-order valence-electron chi connectivity index (χ0n) is 17.2. The molecule has 7 nitrogen and oxygen atoms in total. The number of benzene rings is 1. The molecule has 3 heterocycles. The minimum atomic E-state index is -0.381. The van der Waals surface area contributed by atoms with Crippen LogP contribution < -0.4 is 5.32 Å². The second-order valence-electron chi connectivity index (χ2n) is 8.64. The topological polar surface area (TPSA) is 76.1 Å². The number of carbonyl (C=O) groups excluding carboxylic acids is 2. The molecule has 2 amide bonds. The average molecular weight is 401 g/mol. The number of β-amino-alcohol motifs (C(OH)–C–C–N with tert-alkyl or cyclic N) is 1. The molecule has 3 aliphatic rings. The third kappa shape index (κ3) is 4.47. The largest absolute Gasteiger partial charge is 0.391 e. The van der Waals surface area contributed by atoms with Crippen molar-refractivity contribution in [3.8, 4) is 0 Å². The zero-order valence-corrected chi connectivity index (χ0v) is 17.2. The molecule has 7 heteroatoms. The molecular weight excluding hydrogens is 368 g/mol. The van der Waals surface area contributed by atoms with Gasteiger partial charge in [0.2, 0.25) is 11.8 Å². The first kappa shape index (κ1) is 20.3. The van der Waals surface area contributed by atoms with Gasteiger partial charge in [-0.25, -0.2) is 0 Å². The summed E-state index contributed by atoms with van der Waals surface area (Å²) in [5.41, 5.74) is 1.22. The summed E-state index contributed by atoms with van der Waals surface area (Å²) in [4.78, 5) is 31.7. The number of likely N-dealkylation sites (N-methyl/N-ethyl adjacent to an activating group) is 1. The predicted molar refractivity (Wildman–Crippen MR) is 110 cm³/mol. The van der Waals surface area contributed by atoms with Crippen molar-refractivity contribution < 1.29 is 14.7 Å². The van der Waals surface area contributed by atoms with Crippen LogP contribution in [0, 0.1) is 0 Å². The molecule has 0 aromatic heterocycles. The van der Waals surface area contributed by atoms with Crippen LogP contribution in [0.2, 0.25) is 0 Å². The van der Waals surface area contributed by atoms with Gasteiger partial charge in [0, 0.05) is 51.2 Å². The fourth-order valence-corrected chi connectivity index (χ4v) is 5.06.